The molecule has 4 N–H and O–H groups in total. The molecule has 4 heteroatoms. The molecular formula is C13H20N2O2. The van der Waals surface area contributed by atoms with Crippen LogP contribution in [0.15, 0.2) is 18.2 Å². The van der Waals surface area contributed by atoms with Crippen molar-refractivity contribution in [2.75, 3.05) is 5.32 Å². The topological polar surface area (TPSA) is 75.3 Å². The highest BCUT2D eigenvalue weighted by molar-refractivity contribution is 5.95. The van der Waals surface area contributed by atoms with Gasteiger partial charge in [-0.15, -0.1) is 0 Å². The van der Waals surface area contributed by atoms with Gasteiger partial charge in [-0.3, -0.25) is 4.79 Å². The van der Waals surface area contributed by atoms with Crippen LogP contribution in [-0.2, 0) is 0 Å². The van der Waals surface area contributed by atoms with Gasteiger partial charge in [0.05, 0.1) is 11.6 Å². The summed E-state index contributed by atoms with van der Waals surface area (Å²) in [5, 5.41) is 13.1. The van der Waals surface area contributed by atoms with Gasteiger partial charge < -0.3 is 16.2 Å². The van der Waals surface area contributed by atoms with Crippen LogP contribution in [0.5, 0.6) is 0 Å². The van der Waals surface area contributed by atoms with Crippen molar-refractivity contribution < 1.29 is 9.90 Å². The summed E-state index contributed by atoms with van der Waals surface area (Å²) in [6.45, 7) is 7.19. The molecule has 4 nitrogen and oxygen atoms in total. The van der Waals surface area contributed by atoms with E-state index in [4.69, 9.17) is 5.73 Å². The molecule has 1 atom stereocenters. The van der Waals surface area contributed by atoms with Crippen molar-refractivity contribution in [1.29, 1.82) is 0 Å². The van der Waals surface area contributed by atoms with Crippen molar-refractivity contribution in [2.45, 2.75) is 39.3 Å². The van der Waals surface area contributed by atoms with Crippen molar-refractivity contribution in [3.8, 4) is 0 Å². The third kappa shape index (κ3) is 3.20. The van der Waals surface area contributed by atoms with Crippen LogP contribution in [0.3, 0.4) is 0 Å². The summed E-state index contributed by atoms with van der Waals surface area (Å²) in [4.78, 5) is 11.2. The second-order valence-corrected chi connectivity index (χ2v) is 4.86. The average molecular weight is 236 g/mol. The Morgan fingerprint density at radius 1 is 1.47 bits per heavy atom. The first-order valence-electron chi connectivity index (χ1n) is 5.62. The lowest BCUT2D eigenvalue weighted by molar-refractivity contribution is 0.0649. The minimum Gasteiger partial charge on any atom is -0.388 e. The van der Waals surface area contributed by atoms with Gasteiger partial charge in [-0.2, -0.15) is 0 Å². The molecule has 0 radical (unpaired) electrons. The molecule has 94 valence electrons. The van der Waals surface area contributed by atoms with E-state index < -0.39 is 11.5 Å². The van der Waals surface area contributed by atoms with E-state index in [-0.39, 0.29) is 6.04 Å². The number of aliphatic hydroxyl groups is 1. The molecule has 0 spiro atoms. The van der Waals surface area contributed by atoms with E-state index in [2.05, 4.69) is 5.32 Å². The van der Waals surface area contributed by atoms with E-state index in [0.29, 0.717) is 5.56 Å². The number of carbonyl (C=O) groups excluding carboxylic acids is 1. The summed E-state index contributed by atoms with van der Waals surface area (Å²) in [7, 11) is 0. The number of anilines is 1. The van der Waals surface area contributed by atoms with E-state index in [9.17, 15) is 9.90 Å². The molecule has 1 aromatic rings. The molecule has 0 aliphatic carbocycles. The van der Waals surface area contributed by atoms with E-state index in [1.54, 1.807) is 26.0 Å². The standard InChI is InChI=1S/C13H20N2O2/c1-8-10(12(14)16)6-5-7-11(8)15-9(2)13(3,4)17/h5-7,9,15,17H,1-4H3,(H2,14,16). The Hall–Kier alpha value is -1.55. The highest BCUT2D eigenvalue weighted by Crippen LogP contribution is 2.22. The fourth-order valence-corrected chi connectivity index (χ4v) is 1.47. The zero-order chi connectivity index (χ0) is 13.2. The lowest BCUT2D eigenvalue weighted by atomic mass is 9.99. The van der Waals surface area contributed by atoms with Crippen LogP contribution in [0.25, 0.3) is 0 Å². The zero-order valence-electron chi connectivity index (χ0n) is 10.7. The first kappa shape index (κ1) is 13.5. The summed E-state index contributed by atoms with van der Waals surface area (Å²) in [5.74, 6) is -0.443. The van der Waals surface area contributed by atoms with E-state index in [1.165, 1.54) is 0 Å². The largest absolute Gasteiger partial charge is 0.388 e. The molecule has 17 heavy (non-hydrogen) atoms. The van der Waals surface area contributed by atoms with Gasteiger partial charge in [0, 0.05) is 11.3 Å². The number of rotatable bonds is 4. The number of primary amides is 1. The maximum absolute atomic E-state index is 11.2. The average Bonchev–Trinajstić information content (AvgIpc) is 2.19. The lowest BCUT2D eigenvalue weighted by Crippen LogP contribution is -2.39. The quantitative estimate of drug-likeness (QED) is 0.744. The Kier molecular flexibility index (Phi) is 3.78. The molecule has 1 rings (SSSR count). The van der Waals surface area contributed by atoms with E-state index in [1.807, 2.05) is 19.9 Å². The molecule has 1 unspecified atom stereocenters. The van der Waals surface area contributed by atoms with E-state index >= 15 is 0 Å². The SMILES string of the molecule is Cc1c(NC(C)C(C)(C)O)cccc1C(N)=O. The molecule has 0 fully saturated rings. The normalized spacial score (nSPS) is 13.2. The summed E-state index contributed by atoms with van der Waals surface area (Å²) < 4.78 is 0. The minimum atomic E-state index is -0.838. The van der Waals surface area contributed by atoms with Crippen molar-refractivity contribution in [3.63, 3.8) is 0 Å². The number of carbonyl (C=O) groups is 1. The first-order chi connectivity index (χ1) is 7.73. The maximum Gasteiger partial charge on any atom is 0.249 e. The summed E-state index contributed by atoms with van der Waals surface area (Å²) in [5.41, 5.74) is 6.56. The third-order valence-corrected chi connectivity index (χ3v) is 3.03. The van der Waals surface area contributed by atoms with Gasteiger partial charge in [-0.25, -0.2) is 0 Å². The first-order valence-corrected chi connectivity index (χ1v) is 5.62. The fraction of sp³-hybridized carbons (Fsp3) is 0.462. The van der Waals surface area contributed by atoms with Gasteiger partial charge in [0.2, 0.25) is 5.91 Å². The van der Waals surface area contributed by atoms with Gasteiger partial charge >= 0.3 is 0 Å². The van der Waals surface area contributed by atoms with Crippen LogP contribution in [0.4, 0.5) is 5.69 Å². The molecule has 0 aliphatic heterocycles. The Bertz CT molecular complexity index is 422. The molecule has 0 saturated carbocycles. The van der Waals surface area contributed by atoms with Crippen LogP contribution < -0.4 is 11.1 Å². The monoisotopic (exact) mass is 236 g/mol. The van der Waals surface area contributed by atoms with Crippen LogP contribution >= 0.6 is 0 Å². The van der Waals surface area contributed by atoms with Gasteiger partial charge in [-0.1, -0.05) is 6.07 Å². The summed E-state index contributed by atoms with van der Waals surface area (Å²) in [6, 6.07) is 5.19. The van der Waals surface area contributed by atoms with Crippen LogP contribution in [0, 0.1) is 6.92 Å². The van der Waals surface area contributed by atoms with Crippen LogP contribution in [0.2, 0.25) is 0 Å². The van der Waals surface area contributed by atoms with Crippen LogP contribution in [0.1, 0.15) is 36.7 Å². The Labute approximate surface area is 102 Å². The van der Waals surface area contributed by atoms with Crippen molar-refractivity contribution in [2.24, 2.45) is 5.73 Å². The molecule has 1 amide bonds. The number of amides is 1. The number of benzene rings is 1. The van der Waals surface area contributed by atoms with E-state index in [0.717, 1.165) is 11.3 Å². The predicted octanol–water partition coefficient (Wildman–Crippen LogP) is 1.67. The van der Waals surface area contributed by atoms with Gasteiger partial charge in [-0.05, 0) is 45.4 Å². The number of nitrogens with one attached hydrogen (secondary N) is 1. The predicted molar refractivity (Wildman–Crippen MR) is 69.1 cm³/mol. The molecule has 0 bridgehead atoms. The summed E-state index contributed by atoms with van der Waals surface area (Å²) in [6.07, 6.45) is 0. The van der Waals surface area contributed by atoms with Gasteiger partial charge in [0.25, 0.3) is 0 Å². The zero-order valence-corrected chi connectivity index (χ0v) is 10.7. The smallest absolute Gasteiger partial charge is 0.249 e. The summed E-state index contributed by atoms with van der Waals surface area (Å²) >= 11 is 0. The Morgan fingerprint density at radius 2 is 2.06 bits per heavy atom. The molecular weight excluding hydrogens is 216 g/mol. The second kappa shape index (κ2) is 4.75. The molecule has 0 aliphatic rings. The van der Waals surface area contributed by atoms with Crippen molar-refractivity contribution in [1.82, 2.24) is 0 Å². The Balaban J connectivity index is 3.01. The number of hydrogen-bond donors (Lipinski definition) is 3. The maximum atomic E-state index is 11.2. The highest BCUT2D eigenvalue weighted by atomic mass is 16.3. The number of hydrogen-bond acceptors (Lipinski definition) is 3. The minimum absolute atomic E-state index is 0.135. The molecule has 0 aromatic heterocycles. The van der Waals surface area contributed by atoms with Crippen LogP contribution in [-0.4, -0.2) is 22.7 Å². The highest BCUT2D eigenvalue weighted by Gasteiger charge is 2.22. The second-order valence-electron chi connectivity index (χ2n) is 4.86. The molecule has 1 aromatic carbocycles. The van der Waals surface area contributed by atoms with Gasteiger partial charge in [0.15, 0.2) is 0 Å². The molecule has 0 saturated heterocycles. The number of nitrogens with two attached hydrogens (primary N) is 1. The third-order valence-electron chi connectivity index (χ3n) is 3.03. The lowest BCUT2D eigenvalue weighted by Gasteiger charge is -2.28. The van der Waals surface area contributed by atoms with Gasteiger partial charge in [0.1, 0.15) is 0 Å². The fourth-order valence-electron chi connectivity index (χ4n) is 1.47. The Morgan fingerprint density at radius 3 is 2.53 bits per heavy atom. The van der Waals surface area contributed by atoms with Crippen molar-refractivity contribution in [3.05, 3.63) is 29.3 Å². The molecule has 0 heterocycles. The van der Waals surface area contributed by atoms with Crippen molar-refractivity contribution >= 4 is 11.6 Å².